The maximum absolute atomic E-state index is 11.9. The summed E-state index contributed by atoms with van der Waals surface area (Å²) in [7, 11) is -0.824. The van der Waals surface area contributed by atoms with Crippen molar-refractivity contribution in [3.63, 3.8) is 0 Å². The van der Waals surface area contributed by atoms with Crippen molar-refractivity contribution in [2.75, 3.05) is 29.9 Å². The molecule has 2 N–H and O–H groups in total. The molecule has 2 rings (SSSR count). The minimum absolute atomic E-state index is 0.0854. The first-order valence-corrected chi connectivity index (χ1v) is 7.69. The molecule has 1 aliphatic heterocycles. The summed E-state index contributed by atoms with van der Waals surface area (Å²) in [6.45, 7) is 3.29. The lowest BCUT2D eigenvalue weighted by Crippen LogP contribution is -2.28. The number of rotatable bonds is 5. The topological polar surface area (TPSA) is 58.2 Å². The molecule has 1 amide bonds. The molecule has 0 aromatic heterocycles. The second kappa shape index (κ2) is 6.00. The van der Waals surface area contributed by atoms with Crippen molar-refractivity contribution in [2.24, 2.45) is 0 Å². The number of nitrogens with one attached hydrogen (secondary N) is 2. The van der Waals surface area contributed by atoms with Crippen LogP contribution >= 0.6 is 0 Å². The summed E-state index contributed by atoms with van der Waals surface area (Å²) in [6, 6.07) is 5.70. The van der Waals surface area contributed by atoms with E-state index in [0.717, 1.165) is 18.7 Å². The van der Waals surface area contributed by atoms with E-state index in [1.165, 1.54) is 5.56 Å². The summed E-state index contributed by atoms with van der Waals surface area (Å²) in [4.78, 5) is 11.9. The molecule has 0 spiro atoms. The number of fused-ring (bicyclic) bond motifs is 1. The number of carbonyl (C=O) groups is 1. The molecule has 1 atom stereocenters. The molecule has 98 valence electrons. The molecule has 1 unspecified atom stereocenters. The van der Waals surface area contributed by atoms with Crippen LogP contribution in [-0.2, 0) is 17.2 Å². The van der Waals surface area contributed by atoms with E-state index in [9.17, 15) is 9.00 Å². The summed E-state index contributed by atoms with van der Waals surface area (Å²) in [5.41, 5.74) is 3.00. The van der Waals surface area contributed by atoms with Crippen LogP contribution in [-0.4, -0.2) is 34.7 Å². The Bertz CT molecular complexity index is 474. The van der Waals surface area contributed by atoms with Crippen molar-refractivity contribution in [1.82, 2.24) is 5.32 Å². The van der Waals surface area contributed by atoms with Crippen LogP contribution in [0.5, 0.6) is 0 Å². The second-order valence-corrected chi connectivity index (χ2v) is 6.10. The van der Waals surface area contributed by atoms with Gasteiger partial charge in [-0.15, -0.1) is 0 Å². The summed E-state index contributed by atoms with van der Waals surface area (Å²) in [5, 5.41) is 6.06. The quantitative estimate of drug-likeness (QED) is 0.840. The third-order valence-electron chi connectivity index (χ3n) is 3.01. The van der Waals surface area contributed by atoms with Crippen LogP contribution in [0.4, 0.5) is 5.69 Å². The van der Waals surface area contributed by atoms with E-state index >= 15 is 0 Å². The van der Waals surface area contributed by atoms with E-state index in [1.807, 2.05) is 25.1 Å². The van der Waals surface area contributed by atoms with Crippen molar-refractivity contribution >= 4 is 22.4 Å². The molecule has 0 aliphatic carbocycles. The predicted octanol–water partition coefficient (Wildman–Crippen LogP) is 1.15. The molecule has 0 radical (unpaired) electrons. The van der Waals surface area contributed by atoms with Gasteiger partial charge in [0.1, 0.15) is 0 Å². The number of hydrogen-bond donors (Lipinski definition) is 2. The standard InChI is InChI=1S/C13H18N2O2S/c1-2-18(17)8-7-15-13(16)11-3-4-12-10(9-11)5-6-14-12/h3-4,9,14H,2,5-8H2,1H3,(H,15,16). The Balaban J connectivity index is 1.91. The van der Waals surface area contributed by atoms with Gasteiger partial charge in [-0.3, -0.25) is 9.00 Å². The zero-order valence-electron chi connectivity index (χ0n) is 10.5. The van der Waals surface area contributed by atoms with Crippen molar-refractivity contribution < 1.29 is 9.00 Å². The normalized spacial score (nSPS) is 14.7. The fourth-order valence-electron chi connectivity index (χ4n) is 1.97. The van der Waals surface area contributed by atoms with Crippen molar-refractivity contribution in [1.29, 1.82) is 0 Å². The molecule has 18 heavy (non-hydrogen) atoms. The van der Waals surface area contributed by atoms with Gasteiger partial charge in [0.2, 0.25) is 0 Å². The Morgan fingerprint density at radius 2 is 2.33 bits per heavy atom. The first-order chi connectivity index (χ1) is 8.70. The van der Waals surface area contributed by atoms with Crippen LogP contribution in [0.1, 0.15) is 22.8 Å². The van der Waals surface area contributed by atoms with Crippen molar-refractivity contribution in [3.8, 4) is 0 Å². The number of carbonyl (C=O) groups excluding carboxylic acids is 1. The molecule has 1 heterocycles. The molecule has 4 nitrogen and oxygen atoms in total. The maximum atomic E-state index is 11.9. The van der Waals surface area contributed by atoms with E-state index in [2.05, 4.69) is 10.6 Å². The number of amides is 1. The minimum atomic E-state index is -0.824. The molecular formula is C13H18N2O2S. The van der Waals surface area contributed by atoms with Gasteiger partial charge in [0.15, 0.2) is 0 Å². The van der Waals surface area contributed by atoms with Crippen molar-refractivity contribution in [2.45, 2.75) is 13.3 Å². The average molecular weight is 266 g/mol. The maximum Gasteiger partial charge on any atom is 0.251 e. The fraction of sp³-hybridized carbons (Fsp3) is 0.462. The van der Waals surface area contributed by atoms with Crippen LogP contribution in [0.3, 0.4) is 0 Å². The molecule has 0 bridgehead atoms. The fourth-order valence-corrected chi connectivity index (χ4v) is 2.59. The first-order valence-electron chi connectivity index (χ1n) is 6.20. The molecule has 0 saturated heterocycles. The van der Waals surface area contributed by atoms with E-state index in [4.69, 9.17) is 0 Å². The van der Waals surface area contributed by atoms with E-state index in [1.54, 1.807) is 0 Å². The Kier molecular flexibility index (Phi) is 4.36. The lowest BCUT2D eigenvalue weighted by atomic mass is 10.1. The largest absolute Gasteiger partial charge is 0.384 e. The summed E-state index contributed by atoms with van der Waals surface area (Å²) >= 11 is 0. The summed E-state index contributed by atoms with van der Waals surface area (Å²) in [6.07, 6.45) is 0.969. The molecule has 1 aliphatic rings. The van der Waals surface area contributed by atoms with Gasteiger partial charge in [-0.25, -0.2) is 0 Å². The number of anilines is 1. The lowest BCUT2D eigenvalue weighted by Gasteiger charge is -2.06. The van der Waals surface area contributed by atoms with Gasteiger partial charge >= 0.3 is 0 Å². The van der Waals surface area contributed by atoms with E-state index in [-0.39, 0.29) is 5.91 Å². The van der Waals surface area contributed by atoms with Gasteiger partial charge in [0, 0.05) is 46.6 Å². The Morgan fingerprint density at radius 1 is 1.50 bits per heavy atom. The van der Waals surface area contributed by atoms with Gasteiger partial charge in [0.05, 0.1) is 0 Å². The van der Waals surface area contributed by atoms with Crippen LogP contribution in [0.15, 0.2) is 18.2 Å². The smallest absolute Gasteiger partial charge is 0.251 e. The van der Waals surface area contributed by atoms with Gasteiger partial charge in [-0.2, -0.15) is 0 Å². The van der Waals surface area contributed by atoms with Gasteiger partial charge in [0.25, 0.3) is 5.91 Å². The Labute approximate surface area is 110 Å². The lowest BCUT2D eigenvalue weighted by molar-refractivity contribution is 0.0956. The zero-order valence-corrected chi connectivity index (χ0v) is 11.3. The van der Waals surface area contributed by atoms with E-state index < -0.39 is 10.8 Å². The minimum Gasteiger partial charge on any atom is -0.384 e. The van der Waals surface area contributed by atoms with Gasteiger partial charge in [-0.05, 0) is 30.2 Å². The number of hydrogen-bond acceptors (Lipinski definition) is 3. The first kappa shape index (κ1) is 13.1. The van der Waals surface area contributed by atoms with Crippen molar-refractivity contribution in [3.05, 3.63) is 29.3 Å². The summed E-state index contributed by atoms with van der Waals surface area (Å²) in [5.74, 6) is 1.08. The van der Waals surface area contributed by atoms with Gasteiger partial charge < -0.3 is 10.6 Å². The third kappa shape index (κ3) is 3.10. The molecular weight excluding hydrogens is 248 g/mol. The predicted molar refractivity (Wildman–Crippen MR) is 74.5 cm³/mol. The molecule has 1 aromatic rings. The van der Waals surface area contributed by atoms with E-state index in [0.29, 0.717) is 23.6 Å². The summed E-state index contributed by atoms with van der Waals surface area (Å²) < 4.78 is 11.2. The third-order valence-corrected chi connectivity index (χ3v) is 4.32. The highest BCUT2D eigenvalue weighted by molar-refractivity contribution is 7.84. The highest BCUT2D eigenvalue weighted by atomic mass is 32.2. The highest BCUT2D eigenvalue weighted by Crippen LogP contribution is 2.22. The van der Waals surface area contributed by atoms with Crippen LogP contribution in [0.25, 0.3) is 0 Å². The second-order valence-electron chi connectivity index (χ2n) is 4.24. The highest BCUT2D eigenvalue weighted by Gasteiger charge is 2.13. The monoisotopic (exact) mass is 266 g/mol. The average Bonchev–Trinajstić information content (AvgIpc) is 2.85. The van der Waals surface area contributed by atoms with Crippen LogP contribution in [0, 0.1) is 0 Å². The molecule has 0 saturated carbocycles. The Hall–Kier alpha value is -1.36. The van der Waals surface area contributed by atoms with Gasteiger partial charge in [-0.1, -0.05) is 6.92 Å². The SMILES string of the molecule is CCS(=O)CCNC(=O)c1ccc2c(c1)CCN2. The van der Waals surface area contributed by atoms with Crippen LogP contribution in [0.2, 0.25) is 0 Å². The van der Waals surface area contributed by atoms with Crippen LogP contribution < -0.4 is 10.6 Å². The zero-order chi connectivity index (χ0) is 13.0. The Morgan fingerprint density at radius 3 is 3.11 bits per heavy atom. The number of benzene rings is 1. The molecule has 1 aromatic carbocycles. The molecule has 5 heteroatoms. The molecule has 0 fully saturated rings.